The average Bonchev–Trinajstić information content (AvgIpc) is 2.48. The summed E-state index contributed by atoms with van der Waals surface area (Å²) in [6.07, 6.45) is 2.97. The second-order valence-corrected chi connectivity index (χ2v) is 2.35. The monoisotopic (exact) mass is 156 g/mol. The third-order valence-corrected chi connectivity index (χ3v) is 1.39. The zero-order valence-corrected chi connectivity index (χ0v) is 6.58. The molecule has 0 bridgehead atoms. The summed E-state index contributed by atoms with van der Waals surface area (Å²) in [7, 11) is 0. The molecule has 62 valence electrons. The molecule has 0 saturated carbocycles. The molecule has 1 aromatic heterocycles. The SMILES string of the molecule is CCCCc1nnc(CO)o1. The van der Waals surface area contributed by atoms with E-state index < -0.39 is 0 Å². The molecule has 0 spiro atoms. The number of nitrogens with zero attached hydrogens (tertiary/aromatic N) is 2. The number of aryl methyl sites for hydroxylation is 1. The lowest BCUT2D eigenvalue weighted by atomic mass is 10.2. The van der Waals surface area contributed by atoms with Crippen LogP contribution in [0.3, 0.4) is 0 Å². The molecule has 4 heteroatoms. The maximum absolute atomic E-state index is 8.58. The van der Waals surface area contributed by atoms with Gasteiger partial charge in [-0.2, -0.15) is 0 Å². The van der Waals surface area contributed by atoms with E-state index in [0.29, 0.717) is 11.8 Å². The van der Waals surface area contributed by atoms with Gasteiger partial charge in [0.15, 0.2) is 0 Å². The zero-order chi connectivity index (χ0) is 8.10. The van der Waals surface area contributed by atoms with Crippen LogP contribution in [0.25, 0.3) is 0 Å². The third kappa shape index (κ3) is 2.31. The van der Waals surface area contributed by atoms with Crippen molar-refractivity contribution >= 4 is 0 Å². The Morgan fingerprint density at radius 2 is 2.09 bits per heavy atom. The van der Waals surface area contributed by atoms with E-state index in [0.717, 1.165) is 19.3 Å². The highest BCUT2D eigenvalue weighted by Crippen LogP contribution is 2.03. The fourth-order valence-corrected chi connectivity index (χ4v) is 0.781. The molecular formula is C7H12N2O2. The van der Waals surface area contributed by atoms with Crippen LogP contribution >= 0.6 is 0 Å². The van der Waals surface area contributed by atoms with Crippen LogP contribution in [0.15, 0.2) is 4.42 Å². The van der Waals surface area contributed by atoms with Crippen molar-refractivity contribution < 1.29 is 9.52 Å². The van der Waals surface area contributed by atoms with Gasteiger partial charge < -0.3 is 9.52 Å². The van der Waals surface area contributed by atoms with Crippen molar-refractivity contribution in [3.63, 3.8) is 0 Å². The van der Waals surface area contributed by atoms with E-state index in [9.17, 15) is 0 Å². The Morgan fingerprint density at radius 1 is 1.36 bits per heavy atom. The Balaban J connectivity index is 2.44. The number of aliphatic hydroxyl groups is 1. The quantitative estimate of drug-likeness (QED) is 0.703. The first kappa shape index (κ1) is 8.20. The molecule has 11 heavy (non-hydrogen) atoms. The summed E-state index contributed by atoms with van der Waals surface area (Å²) >= 11 is 0. The van der Waals surface area contributed by atoms with E-state index in [1.807, 2.05) is 0 Å². The first-order valence-corrected chi connectivity index (χ1v) is 3.79. The molecule has 1 aromatic rings. The smallest absolute Gasteiger partial charge is 0.241 e. The molecule has 0 aliphatic carbocycles. The summed E-state index contributed by atoms with van der Waals surface area (Å²) in [5.41, 5.74) is 0. The van der Waals surface area contributed by atoms with E-state index in [-0.39, 0.29) is 6.61 Å². The highest BCUT2D eigenvalue weighted by atomic mass is 16.4. The molecule has 0 aliphatic rings. The van der Waals surface area contributed by atoms with Crippen LogP contribution in [-0.4, -0.2) is 15.3 Å². The van der Waals surface area contributed by atoms with Gasteiger partial charge in [0.05, 0.1) is 0 Å². The number of unbranched alkanes of at least 4 members (excludes halogenated alkanes) is 1. The topological polar surface area (TPSA) is 59.2 Å². The zero-order valence-electron chi connectivity index (χ0n) is 6.58. The van der Waals surface area contributed by atoms with Crippen molar-refractivity contribution in [2.24, 2.45) is 0 Å². The number of aromatic nitrogens is 2. The molecule has 1 N–H and O–H groups in total. The van der Waals surface area contributed by atoms with Crippen LogP contribution < -0.4 is 0 Å². The molecule has 1 heterocycles. The average molecular weight is 156 g/mol. The van der Waals surface area contributed by atoms with Gasteiger partial charge in [0.1, 0.15) is 6.61 Å². The third-order valence-electron chi connectivity index (χ3n) is 1.39. The van der Waals surface area contributed by atoms with Crippen molar-refractivity contribution in [2.75, 3.05) is 0 Å². The van der Waals surface area contributed by atoms with Gasteiger partial charge in [0, 0.05) is 6.42 Å². The molecule has 0 unspecified atom stereocenters. The Kier molecular flexibility index (Phi) is 3.04. The number of aliphatic hydroxyl groups excluding tert-OH is 1. The van der Waals surface area contributed by atoms with Crippen molar-refractivity contribution in [3.8, 4) is 0 Å². The Morgan fingerprint density at radius 3 is 2.64 bits per heavy atom. The Hall–Kier alpha value is -0.900. The first-order valence-electron chi connectivity index (χ1n) is 3.79. The van der Waals surface area contributed by atoms with Gasteiger partial charge in [0.2, 0.25) is 11.8 Å². The molecular weight excluding hydrogens is 144 g/mol. The summed E-state index contributed by atoms with van der Waals surface area (Å²) in [5.74, 6) is 0.923. The van der Waals surface area contributed by atoms with E-state index >= 15 is 0 Å². The van der Waals surface area contributed by atoms with Crippen molar-refractivity contribution in [1.29, 1.82) is 0 Å². The van der Waals surface area contributed by atoms with Crippen molar-refractivity contribution in [2.45, 2.75) is 32.8 Å². The Labute approximate surface area is 65.3 Å². The lowest BCUT2D eigenvalue weighted by Gasteiger charge is -1.88. The van der Waals surface area contributed by atoms with Gasteiger partial charge in [-0.3, -0.25) is 0 Å². The molecule has 0 amide bonds. The number of hydrogen-bond acceptors (Lipinski definition) is 4. The van der Waals surface area contributed by atoms with Gasteiger partial charge in [0.25, 0.3) is 0 Å². The predicted octanol–water partition coefficient (Wildman–Crippen LogP) is 0.904. The highest BCUT2D eigenvalue weighted by molar-refractivity contribution is 4.79. The molecule has 0 fully saturated rings. The maximum atomic E-state index is 8.58. The Bertz CT molecular complexity index is 210. The highest BCUT2D eigenvalue weighted by Gasteiger charge is 2.02. The molecule has 0 radical (unpaired) electrons. The van der Waals surface area contributed by atoms with Crippen LogP contribution in [0.2, 0.25) is 0 Å². The van der Waals surface area contributed by atoms with E-state index in [1.54, 1.807) is 0 Å². The lowest BCUT2D eigenvalue weighted by molar-refractivity contribution is 0.236. The van der Waals surface area contributed by atoms with Gasteiger partial charge in [-0.05, 0) is 6.42 Å². The van der Waals surface area contributed by atoms with Crippen molar-refractivity contribution in [1.82, 2.24) is 10.2 Å². The largest absolute Gasteiger partial charge is 0.423 e. The van der Waals surface area contributed by atoms with Gasteiger partial charge >= 0.3 is 0 Å². The fraction of sp³-hybridized carbons (Fsp3) is 0.714. The van der Waals surface area contributed by atoms with Gasteiger partial charge in [-0.1, -0.05) is 13.3 Å². The molecule has 0 atom stereocenters. The van der Waals surface area contributed by atoms with Crippen LogP contribution in [0.1, 0.15) is 31.5 Å². The van der Waals surface area contributed by atoms with E-state index in [4.69, 9.17) is 9.52 Å². The summed E-state index contributed by atoms with van der Waals surface area (Å²) in [5, 5.41) is 15.9. The van der Waals surface area contributed by atoms with Crippen molar-refractivity contribution in [3.05, 3.63) is 11.8 Å². The number of hydrogen-bond donors (Lipinski definition) is 1. The predicted molar refractivity (Wildman–Crippen MR) is 38.8 cm³/mol. The second-order valence-electron chi connectivity index (χ2n) is 2.35. The van der Waals surface area contributed by atoms with Gasteiger partial charge in [-0.15, -0.1) is 10.2 Å². The minimum Gasteiger partial charge on any atom is -0.423 e. The fourth-order valence-electron chi connectivity index (χ4n) is 0.781. The maximum Gasteiger partial charge on any atom is 0.241 e. The van der Waals surface area contributed by atoms with E-state index in [1.165, 1.54) is 0 Å². The lowest BCUT2D eigenvalue weighted by Crippen LogP contribution is -1.83. The summed E-state index contributed by atoms with van der Waals surface area (Å²) in [6, 6.07) is 0. The first-order chi connectivity index (χ1) is 5.36. The molecule has 1 rings (SSSR count). The molecule has 0 aliphatic heterocycles. The van der Waals surface area contributed by atoms with Crippen LogP contribution in [0.4, 0.5) is 0 Å². The minimum absolute atomic E-state index is 0.168. The minimum atomic E-state index is -0.168. The second kappa shape index (κ2) is 4.08. The van der Waals surface area contributed by atoms with Crippen LogP contribution in [-0.2, 0) is 13.0 Å². The standard InChI is InChI=1S/C7H12N2O2/c1-2-3-4-6-8-9-7(5-10)11-6/h10H,2-5H2,1H3. The van der Waals surface area contributed by atoms with Gasteiger partial charge in [-0.25, -0.2) is 0 Å². The summed E-state index contributed by atoms with van der Waals surface area (Å²) in [6.45, 7) is 1.93. The molecule has 0 aromatic carbocycles. The molecule has 4 nitrogen and oxygen atoms in total. The number of rotatable bonds is 4. The van der Waals surface area contributed by atoms with Crippen LogP contribution in [0.5, 0.6) is 0 Å². The summed E-state index contributed by atoms with van der Waals surface area (Å²) < 4.78 is 5.06. The normalized spacial score (nSPS) is 10.4. The summed E-state index contributed by atoms with van der Waals surface area (Å²) in [4.78, 5) is 0. The van der Waals surface area contributed by atoms with E-state index in [2.05, 4.69) is 17.1 Å². The molecule has 0 saturated heterocycles. The van der Waals surface area contributed by atoms with Crippen LogP contribution in [0, 0.1) is 0 Å².